The fourth-order valence-electron chi connectivity index (χ4n) is 4.13. The number of piperazine rings is 1. The summed E-state index contributed by atoms with van der Waals surface area (Å²) >= 11 is 0. The zero-order chi connectivity index (χ0) is 17.9. The number of aliphatic hydroxyl groups is 1. The highest BCUT2D eigenvalue weighted by molar-refractivity contribution is 5.40. The van der Waals surface area contributed by atoms with Crippen LogP contribution in [-0.4, -0.2) is 53.3 Å². The number of aromatic nitrogens is 1. The quantitative estimate of drug-likeness (QED) is 0.898. The lowest BCUT2D eigenvalue weighted by atomic mass is 9.92. The first kappa shape index (κ1) is 18.5. The van der Waals surface area contributed by atoms with Crippen LogP contribution in [-0.2, 0) is 6.18 Å². The smallest absolute Gasteiger partial charge is 0.396 e. The lowest BCUT2D eigenvalue weighted by Gasteiger charge is -2.46. The predicted octanol–water partition coefficient (Wildman–Crippen LogP) is 3.31. The number of rotatable bonds is 4. The van der Waals surface area contributed by atoms with Gasteiger partial charge in [0, 0.05) is 38.3 Å². The highest BCUT2D eigenvalue weighted by Crippen LogP contribution is 2.31. The molecular weight excluding hydrogens is 331 g/mol. The van der Waals surface area contributed by atoms with Gasteiger partial charge in [-0.2, -0.15) is 13.2 Å². The van der Waals surface area contributed by atoms with Crippen LogP contribution in [0, 0.1) is 0 Å². The van der Waals surface area contributed by atoms with Gasteiger partial charge in [-0.05, 0) is 31.4 Å². The summed E-state index contributed by atoms with van der Waals surface area (Å²) in [6.07, 6.45) is 2.36. The summed E-state index contributed by atoms with van der Waals surface area (Å²) in [5.74, 6) is 0.376. The van der Waals surface area contributed by atoms with Crippen LogP contribution in [0.1, 0.15) is 44.2 Å². The Morgan fingerprint density at radius 1 is 1.12 bits per heavy atom. The van der Waals surface area contributed by atoms with Crippen molar-refractivity contribution in [2.75, 3.05) is 31.1 Å². The molecule has 1 saturated carbocycles. The summed E-state index contributed by atoms with van der Waals surface area (Å²) in [7, 11) is 0. The highest BCUT2D eigenvalue weighted by Gasteiger charge is 2.35. The molecule has 4 nitrogen and oxygen atoms in total. The van der Waals surface area contributed by atoms with Gasteiger partial charge >= 0.3 is 6.18 Å². The minimum atomic E-state index is -4.43. The average molecular weight is 357 g/mol. The van der Waals surface area contributed by atoms with Crippen LogP contribution in [0.3, 0.4) is 0 Å². The number of pyridine rings is 1. The summed E-state index contributed by atoms with van der Waals surface area (Å²) in [5.41, 5.74) is -0.849. The van der Waals surface area contributed by atoms with Crippen molar-refractivity contribution in [1.29, 1.82) is 0 Å². The molecule has 0 aromatic carbocycles. The van der Waals surface area contributed by atoms with Gasteiger partial charge in [0.25, 0.3) is 0 Å². The summed E-state index contributed by atoms with van der Waals surface area (Å²) in [4.78, 5) is 8.22. The molecule has 0 spiro atoms. The van der Waals surface area contributed by atoms with E-state index in [1.807, 2.05) is 4.90 Å². The first-order chi connectivity index (χ1) is 12.0. The van der Waals surface area contributed by atoms with E-state index in [-0.39, 0.29) is 12.6 Å². The first-order valence-electron chi connectivity index (χ1n) is 9.15. The van der Waals surface area contributed by atoms with Gasteiger partial charge in [0.1, 0.15) is 11.5 Å². The second-order valence-electron chi connectivity index (χ2n) is 7.02. The summed E-state index contributed by atoms with van der Waals surface area (Å²) in [6.45, 7) is 2.20. The van der Waals surface area contributed by atoms with Gasteiger partial charge in [-0.3, -0.25) is 4.90 Å². The Morgan fingerprint density at radius 2 is 1.88 bits per heavy atom. The van der Waals surface area contributed by atoms with Crippen molar-refractivity contribution in [3.05, 3.63) is 23.9 Å². The highest BCUT2D eigenvalue weighted by atomic mass is 19.4. The summed E-state index contributed by atoms with van der Waals surface area (Å²) in [5, 5.41) is 9.43. The van der Waals surface area contributed by atoms with Crippen molar-refractivity contribution < 1.29 is 18.3 Å². The van der Waals surface area contributed by atoms with E-state index in [9.17, 15) is 18.3 Å². The zero-order valence-corrected chi connectivity index (χ0v) is 14.4. The predicted molar refractivity (Wildman–Crippen MR) is 90.5 cm³/mol. The van der Waals surface area contributed by atoms with Gasteiger partial charge in [-0.15, -0.1) is 0 Å². The molecule has 2 fully saturated rings. The number of hydrogen-bond donors (Lipinski definition) is 1. The van der Waals surface area contributed by atoms with E-state index < -0.39 is 11.9 Å². The Bertz CT molecular complexity index is 561. The van der Waals surface area contributed by atoms with Crippen molar-refractivity contribution in [2.45, 2.75) is 56.8 Å². The SMILES string of the molecule is OCCC1CN(c2cccc(C(F)(F)F)n2)CCN1C1CCCCC1. The number of aliphatic hydroxyl groups excluding tert-OH is 1. The number of nitrogens with zero attached hydrogens (tertiary/aromatic N) is 3. The molecule has 1 atom stereocenters. The zero-order valence-electron chi connectivity index (χ0n) is 14.4. The monoisotopic (exact) mass is 357 g/mol. The van der Waals surface area contributed by atoms with Crippen molar-refractivity contribution in [3.8, 4) is 0 Å². The first-order valence-corrected chi connectivity index (χ1v) is 9.15. The number of alkyl halides is 3. The molecule has 2 aliphatic rings. The Kier molecular flexibility index (Phi) is 5.84. The fraction of sp³-hybridized carbons (Fsp3) is 0.722. The third-order valence-corrected chi connectivity index (χ3v) is 5.38. The molecule has 1 aromatic rings. The normalized spacial score (nSPS) is 23.8. The lowest BCUT2D eigenvalue weighted by Crippen LogP contribution is -2.57. The number of halogens is 3. The molecule has 0 amide bonds. The number of anilines is 1. The second-order valence-corrected chi connectivity index (χ2v) is 7.02. The van der Waals surface area contributed by atoms with Crippen LogP contribution in [0.25, 0.3) is 0 Å². The average Bonchev–Trinajstić information content (AvgIpc) is 2.62. The van der Waals surface area contributed by atoms with Gasteiger partial charge in [-0.1, -0.05) is 25.3 Å². The van der Waals surface area contributed by atoms with Gasteiger partial charge < -0.3 is 10.0 Å². The van der Waals surface area contributed by atoms with Gasteiger partial charge in [0.2, 0.25) is 0 Å². The molecule has 25 heavy (non-hydrogen) atoms. The topological polar surface area (TPSA) is 39.6 Å². The van der Waals surface area contributed by atoms with Crippen molar-refractivity contribution in [3.63, 3.8) is 0 Å². The molecule has 7 heteroatoms. The van der Waals surface area contributed by atoms with Crippen LogP contribution >= 0.6 is 0 Å². The maximum atomic E-state index is 12.9. The third-order valence-electron chi connectivity index (χ3n) is 5.38. The second kappa shape index (κ2) is 7.91. The van der Waals surface area contributed by atoms with E-state index in [1.165, 1.54) is 38.2 Å². The van der Waals surface area contributed by atoms with Crippen LogP contribution in [0.15, 0.2) is 18.2 Å². The van der Waals surface area contributed by atoms with Crippen molar-refractivity contribution in [1.82, 2.24) is 9.88 Å². The lowest BCUT2D eigenvalue weighted by molar-refractivity contribution is -0.141. The Balaban J connectivity index is 1.73. The number of hydrogen-bond acceptors (Lipinski definition) is 4. The van der Waals surface area contributed by atoms with Gasteiger partial charge in [0.15, 0.2) is 0 Å². The summed E-state index contributed by atoms with van der Waals surface area (Å²) in [6, 6.07) is 4.77. The van der Waals surface area contributed by atoms with E-state index in [4.69, 9.17) is 0 Å². The van der Waals surface area contributed by atoms with Crippen molar-refractivity contribution in [2.24, 2.45) is 0 Å². The molecule has 1 aromatic heterocycles. The van der Waals surface area contributed by atoms with Crippen LogP contribution in [0.2, 0.25) is 0 Å². The van der Waals surface area contributed by atoms with Crippen LogP contribution in [0.5, 0.6) is 0 Å². The fourth-order valence-corrected chi connectivity index (χ4v) is 4.13. The molecule has 1 aliphatic heterocycles. The molecular formula is C18H26F3N3O. The largest absolute Gasteiger partial charge is 0.433 e. The van der Waals surface area contributed by atoms with Gasteiger partial charge in [-0.25, -0.2) is 4.98 Å². The molecule has 1 unspecified atom stereocenters. The maximum absolute atomic E-state index is 12.9. The van der Waals surface area contributed by atoms with E-state index in [1.54, 1.807) is 6.07 Å². The molecule has 0 bridgehead atoms. The molecule has 1 N–H and O–H groups in total. The van der Waals surface area contributed by atoms with E-state index in [0.717, 1.165) is 12.6 Å². The van der Waals surface area contributed by atoms with Crippen molar-refractivity contribution >= 4 is 5.82 Å². The van der Waals surface area contributed by atoms with Crippen LogP contribution in [0.4, 0.5) is 19.0 Å². The maximum Gasteiger partial charge on any atom is 0.433 e. The molecule has 1 saturated heterocycles. The standard InChI is InChI=1S/C18H26F3N3O/c19-18(20,21)16-7-4-8-17(22-16)23-10-11-24(15(13-23)9-12-25)14-5-2-1-3-6-14/h4,7-8,14-15,25H,1-3,5-6,9-13H2. The molecule has 140 valence electrons. The molecule has 2 heterocycles. The van der Waals surface area contributed by atoms with E-state index >= 15 is 0 Å². The minimum Gasteiger partial charge on any atom is -0.396 e. The molecule has 3 rings (SSSR count). The van der Waals surface area contributed by atoms with E-state index in [0.29, 0.717) is 31.4 Å². The Labute approximate surface area is 146 Å². The Morgan fingerprint density at radius 3 is 2.56 bits per heavy atom. The van der Waals surface area contributed by atoms with E-state index in [2.05, 4.69) is 9.88 Å². The Hall–Kier alpha value is -1.34. The van der Waals surface area contributed by atoms with Crippen LogP contribution < -0.4 is 4.90 Å². The van der Waals surface area contributed by atoms with Gasteiger partial charge in [0.05, 0.1) is 0 Å². The summed E-state index contributed by atoms with van der Waals surface area (Å²) < 4.78 is 38.7. The molecule has 1 aliphatic carbocycles. The minimum absolute atomic E-state index is 0.0950. The molecule has 0 radical (unpaired) electrons. The third kappa shape index (κ3) is 4.44.